The van der Waals surface area contributed by atoms with Crippen LogP contribution in [0.15, 0.2) is 12.2 Å². The fraction of sp³-hybridized carbons (Fsp3) is 0.857. The van der Waals surface area contributed by atoms with E-state index in [9.17, 15) is 4.79 Å². The highest BCUT2D eigenvalue weighted by molar-refractivity contribution is 6.63. The molecule has 0 bridgehead atoms. The molecule has 0 aromatic carbocycles. The maximum Gasteiger partial charge on any atom is 0.221 e. The summed E-state index contributed by atoms with van der Waals surface area (Å²) in [5.41, 5.74) is 0. The van der Waals surface area contributed by atoms with Gasteiger partial charge in [0, 0.05) is 6.42 Å². The van der Waals surface area contributed by atoms with Crippen LogP contribution in [-0.4, -0.2) is 5.24 Å². The molecule has 0 N–H and O–H groups in total. The Bertz CT molecular complexity index is 273. The second kappa shape index (κ2) is 19.7. The molecule has 0 amide bonds. The van der Waals surface area contributed by atoms with Crippen molar-refractivity contribution in [2.75, 3.05) is 0 Å². The molecule has 0 heterocycles. The lowest BCUT2D eigenvalue weighted by Crippen LogP contribution is -1.85. The van der Waals surface area contributed by atoms with Gasteiger partial charge in [-0.3, -0.25) is 4.79 Å². The number of rotatable bonds is 18. The second-order valence-corrected chi connectivity index (χ2v) is 7.17. The van der Waals surface area contributed by atoms with Gasteiger partial charge in [0.15, 0.2) is 0 Å². The van der Waals surface area contributed by atoms with E-state index in [0.29, 0.717) is 6.42 Å². The summed E-state index contributed by atoms with van der Waals surface area (Å²) in [6.45, 7) is 2.28. The van der Waals surface area contributed by atoms with E-state index in [0.717, 1.165) is 12.8 Å². The van der Waals surface area contributed by atoms with Gasteiger partial charge in [0.1, 0.15) is 0 Å². The van der Waals surface area contributed by atoms with E-state index >= 15 is 0 Å². The van der Waals surface area contributed by atoms with Crippen LogP contribution in [0.3, 0.4) is 0 Å². The number of carbonyl (C=O) groups is 1. The van der Waals surface area contributed by atoms with Crippen LogP contribution in [0.5, 0.6) is 0 Å². The summed E-state index contributed by atoms with van der Waals surface area (Å²) in [4.78, 5) is 10.6. The highest BCUT2D eigenvalue weighted by atomic mass is 35.5. The average Bonchev–Trinajstić information content (AvgIpc) is 2.53. The Morgan fingerprint density at radius 3 is 1.48 bits per heavy atom. The van der Waals surface area contributed by atoms with E-state index in [1.165, 1.54) is 89.9 Å². The van der Waals surface area contributed by atoms with E-state index in [1.54, 1.807) is 0 Å². The molecule has 0 rings (SSSR count). The highest BCUT2D eigenvalue weighted by Crippen LogP contribution is 2.12. The SMILES string of the molecule is CCCCCCCCCCCC/C=C/CCCCCCC(=O)Cl. The maximum atomic E-state index is 10.6. The van der Waals surface area contributed by atoms with Crippen LogP contribution in [0.4, 0.5) is 0 Å². The molecule has 0 saturated heterocycles. The van der Waals surface area contributed by atoms with Crippen LogP contribution >= 0.6 is 11.6 Å². The molecule has 0 aromatic heterocycles. The minimum atomic E-state index is -0.193. The van der Waals surface area contributed by atoms with Gasteiger partial charge >= 0.3 is 0 Å². The van der Waals surface area contributed by atoms with E-state index in [1.807, 2.05) is 0 Å². The zero-order valence-electron chi connectivity index (χ0n) is 15.5. The van der Waals surface area contributed by atoms with Gasteiger partial charge < -0.3 is 0 Å². The molecule has 0 aromatic rings. The highest BCUT2D eigenvalue weighted by Gasteiger charge is 1.95. The van der Waals surface area contributed by atoms with Crippen molar-refractivity contribution in [2.45, 2.75) is 116 Å². The fourth-order valence-corrected chi connectivity index (χ4v) is 3.00. The molecule has 0 saturated carbocycles. The summed E-state index contributed by atoms with van der Waals surface area (Å²) in [5.74, 6) is 0. The molecule has 136 valence electrons. The molecule has 0 aliphatic heterocycles. The van der Waals surface area contributed by atoms with Crippen LogP contribution in [0.2, 0.25) is 0 Å². The van der Waals surface area contributed by atoms with Crippen molar-refractivity contribution >= 4 is 16.8 Å². The van der Waals surface area contributed by atoms with Crippen molar-refractivity contribution in [3.63, 3.8) is 0 Å². The Balaban J connectivity index is 3.07. The molecule has 0 spiro atoms. The molecule has 0 radical (unpaired) electrons. The number of halogens is 1. The van der Waals surface area contributed by atoms with Crippen molar-refractivity contribution < 1.29 is 4.79 Å². The van der Waals surface area contributed by atoms with Crippen LogP contribution in [0.25, 0.3) is 0 Å². The smallest absolute Gasteiger partial charge is 0.221 e. The molecule has 0 aliphatic carbocycles. The molecule has 0 atom stereocenters. The molecular weight excluding hydrogens is 304 g/mol. The third-order valence-electron chi connectivity index (χ3n) is 4.39. The predicted molar refractivity (Wildman–Crippen MR) is 104 cm³/mol. The van der Waals surface area contributed by atoms with Gasteiger partial charge in [-0.1, -0.05) is 89.7 Å². The Morgan fingerprint density at radius 2 is 1.04 bits per heavy atom. The summed E-state index contributed by atoms with van der Waals surface area (Å²) in [6.07, 6.45) is 26.3. The van der Waals surface area contributed by atoms with Gasteiger partial charge in [0.25, 0.3) is 0 Å². The van der Waals surface area contributed by atoms with Crippen LogP contribution in [0, 0.1) is 0 Å². The molecule has 23 heavy (non-hydrogen) atoms. The van der Waals surface area contributed by atoms with Crippen LogP contribution in [0.1, 0.15) is 116 Å². The molecule has 1 nitrogen and oxygen atoms in total. The first-order valence-corrected chi connectivity index (χ1v) is 10.5. The molecule has 2 heteroatoms. The Hall–Kier alpha value is -0.300. The van der Waals surface area contributed by atoms with Crippen molar-refractivity contribution in [2.24, 2.45) is 0 Å². The number of unbranched alkanes of at least 4 members (excludes halogenated alkanes) is 14. The number of allylic oxidation sites excluding steroid dienone is 2. The minimum Gasteiger partial charge on any atom is -0.281 e. The fourth-order valence-electron chi connectivity index (χ4n) is 2.87. The summed E-state index contributed by atoms with van der Waals surface area (Å²) in [7, 11) is 0. The van der Waals surface area contributed by atoms with E-state index in [4.69, 9.17) is 11.6 Å². The number of carbonyl (C=O) groups excluding carboxylic acids is 1. The summed E-state index contributed by atoms with van der Waals surface area (Å²) < 4.78 is 0. The summed E-state index contributed by atoms with van der Waals surface area (Å²) in [5, 5.41) is -0.193. The quantitative estimate of drug-likeness (QED) is 0.140. The van der Waals surface area contributed by atoms with E-state index in [-0.39, 0.29) is 5.24 Å². The molecule has 0 unspecified atom stereocenters. The third kappa shape index (κ3) is 21.7. The first-order valence-electron chi connectivity index (χ1n) is 10.1. The minimum absolute atomic E-state index is 0.193. The number of hydrogen-bond donors (Lipinski definition) is 0. The largest absolute Gasteiger partial charge is 0.281 e. The number of hydrogen-bond acceptors (Lipinski definition) is 1. The summed E-state index contributed by atoms with van der Waals surface area (Å²) >= 11 is 5.30. The Kier molecular flexibility index (Phi) is 19.5. The monoisotopic (exact) mass is 342 g/mol. The van der Waals surface area contributed by atoms with Gasteiger partial charge in [-0.05, 0) is 43.7 Å². The predicted octanol–water partition coefficient (Wildman–Crippen LogP) is 7.96. The average molecular weight is 343 g/mol. The standard InChI is InChI=1S/C21H39ClO/c1-2-3-4-5-6-7-8-9-10-11-12-13-14-15-16-17-18-19-20-21(22)23/h13-14H,2-12,15-20H2,1H3/b14-13+. The lowest BCUT2D eigenvalue weighted by atomic mass is 10.1. The van der Waals surface area contributed by atoms with Crippen molar-refractivity contribution in [3.05, 3.63) is 12.2 Å². The molecule has 0 fully saturated rings. The zero-order chi connectivity index (χ0) is 17.0. The second-order valence-electron chi connectivity index (χ2n) is 6.75. The summed E-state index contributed by atoms with van der Waals surface area (Å²) in [6, 6.07) is 0. The first kappa shape index (κ1) is 22.7. The normalized spacial score (nSPS) is 11.4. The van der Waals surface area contributed by atoms with Gasteiger partial charge in [0.2, 0.25) is 5.24 Å². The molecule has 0 aliphatic rings. The topological polar surface area (TPSA) is 17.1 Å². The van der Waals surface area contributed by atoms with Gasteiger partial charge in [-0.2, -0.15) is 0 Å². The van der Waals surface area contributed by atoms with Gasteiger partial charge in [-0.15, -0.1) is 0 Å². The van der Waals surface area contributed by atoms with Crippen molar-refractivity contribution in [3.8, 4) is 0 Å². The third-order valence-corrected chi connectivity index (χ3v) is 4.57. The maximum absolute atomic E-state index is 10.6. The van der Waals surface area contributed by atoms with Crippen molar-refractivity contribution in [1.82, 2.24) is 0 Å². The molecular formula is C21H39ClO. The van der Waals surface area contributed by atoms with Crippen LogP contribution < -0.4 is 0 Å². The lowest BCUT2D eigenvalue weighted by Gasteiger charge is -2.01. The van der Waals surface area contributed by atoms with E-state index < -0.39 is 0 Å². The van der Waals surface area contributed by atoms with Gasteiger partial charge in [-0.25, -0.2) is 0 Å². The van der Waals surface area contributed by atoms with Crippen molar-refractivity contribution in [1.29, 1.82) is 0 Å². The zero-order valence-corrected chi connectivity index (χ0v) is 16.2. The Morgan fingerprint density at radius 1 is 0.652 bits per heavy atom. The van der Waals surface area contributed by atoms with E-state index in [2.05, 4.69) is 19.1 Å². The first-order chi connectivity index (χ1) is 11.3. The van der Waals surface area contributed by atoms with Gasteiger partial charge in [0.05, 0.1) is 0 Å². The van der Waals surface area contributed by atoms with Crippen LogP contribution in [-0.2, 0) is 4.79 Å². The lowest BCUT2D eigenvalue weighted by molar-refractivity contribution is -0.111. The Labute approximate surface area is 150 Å².